The number of rotatable bonds is 2. The largest absolute Gasteiger partial charge is 0.462 e. The summed E-state index contributed by atoms with van der Waals surface area (Å²) in [6.45, 7) is 5.82. The molecule has 27 heavy (non-hydrogen) atoms. The van der Waals surface area contributed by atoms with Gasteiger partial charge in [0.15, 0.2) is 0 Å². The Morgan fingerprint density at radius 2 is 2.04 bits per heavy atom. The van der Waals surface area contributed by atoms with Gasteiger partial charge in [0.05, 0.1) is 6.04 Å². The van der Waals surface area contributed by atoms with Gasteiger partial charge in [-0.1, -0.05) is 30.7 Å². The maximum Gasteiger partial charge on any atom is 0.302 e. The second-order valence-electron chi connectivity index (χ2n) is 9.67. The van der Waals surface area contributed by atoms with Crippen molar-refractivity contribution in [2.45, 2.75) is 77.9 Å². The molecular weight excluding hydrogens is 346 g/mol. The van der Waals surface area contributed by atoms with Crippen LogP contribution in [0.1, 0.15) is 65.7 Å². The van der Waals surface area contributed by atoms with E-state index in [4.69, 9.17) is 4.74 Å². The lowest BCUT2D eigenvalue weighted by Gasteiger charge is -2.59. The number of fused-ring (bicyclic) bond motifs is 5. The third kappa shape index (κ3) is 2.79. The van der Waals surface area contributed by atoms with Gasteiger partial charge in [-0.2, -0.15) is 0 Å². The van der Waals surface area contributed by atoms with Crippen molar-refractivity contribution in [2.75, 3.05) is 0 Å². The van der Waals surface area contributed by atoms with Crippen molar-refractivity contribution in [3.05, 3.63) is 11.6 Å². The maximum absolute atomic E-state index is 12.0. The van der Waals surface area contributed by atoms with Gasteiger partial charge in [0.1, 0.15) is 11.9 Å². The van der Waals surface area contributed by atoms with Crippen LogP contribution in [0.2, 0.25) is 0 Å². The molecule has 6 heteroatoms. The zero-order valence-corrected chi connectivity index (χ0v) is 16.5. The third-order valence-corrected chi connectivity index (χ3v) is 8.39. The molecule has 4 rings (SSSR count). The van der Waals surface area contributed by atoms with Gasteiger partial charge in [-0.3, -0.25) is 20.0 Å². The second-order valence-corrected chi connectivity index (χ2v) is 9.67. The summed E-state index contributed by atoms with van der Waals surface area (Å²) in [7, 11) is 0. The molecule has 4 aliphatic carbocycles. The number of nitrogens with zero attached hydrogens (tertiary/aromatic N) is 1. The van der Waals surface area contributed by atoms with Crippen LogP contribution in [0.5, 0.6) is 0 Å². The fraction of sp³-hybridized carbons (Fsp3) is 0.810. The highest BCUT2D eigenvalue weighted by atomic mass is 16.8. The number of ether oxygens (including phenoxy) is 1. The Labute approximate surface area is 160 Å². The molecule has 0 aromatic rings. The van der Waals surface area contributed by atoms with E-state index < -0.39 is 0 Å². The first-order chi connectivity index (χ1) is 12.7. The monoisotopic (exact) mass is 377 g/mol. The number of hydrogen-bond acceptors (Lipinski definition) is 6. The highest BCUT2D eigenvalue weighted by molar-refractivity contribution is 5.82. The molecule has 2 N–H and O–H groups in total. The lowest BCUT2D eigenvalue weighted by molar-refractivity contribution is -0.349. The summed E-state index contributed by atoms with van der Waals surface area (Å²) < 4.78 is 5.87. The van der Waals surface area contributed by atoms with Crippen LogP contribution in [0, 0.1) is 28.6 Å². The van der Waals surface area contributed by atoms with Crippen LogP contribution >= 0.6 is 0 Å². The lowest BCUT2D eigenvalue weighted by Crippen LogP contribution is -2.59. The van der Waals surface area contributed by atoms with Crippen LogP contribution in [-0.4, -0.2) is 39.5 Å². The van der Waals surface area contributed by atoms with Crippen molar-refractivity contribution >= 4 is 11.8 Å². The number of esters is 1. The number of Topliss-reactive ketones (excluding diaryl/α,β-unsaturated/α-hetero) is 1. The topological polar surface area (TPSA) is 87.1 Å². The highest BCUT2D eigenvalue weighted by Crippen LogP contribution is 2.65. The van der Waals surface area contributed by atoms with E-state index in [2.05, 4.69) is 19.9 Å². The molecule has 0 saturated heterocycles. The summed E-state index contributed by atoms with van der Waals surface area (Å²) in [6.07, 6.45) is 7.14. The molecule has 0 aromatic heterocycles. The molecule has 7 atom stereocenters. The van der Waals surface area contributed by atoms with Crippen molar-refractivity contribution in [1.29, 1.82) is 0 Å². The van der Waals surface area contributed by atoms with E-state index in [1.807, 2.05) is 0 Å². The Hall–Kier alpha value is -1.24. The molecule has 0 heterocycles. The van der Waals surface area contributed by atoms with E-state index in [0.717, 1.165) is 25.7 Å². The zero-order valence-electron chi connectivity index (χ0n) is 16.5. The van der Waals surface area contributed by atoms with Gasteiger partial charge in [-0.05, 0) is 54.8 Å². The van der Waals surface area contributed by atoms with Crippen LogP contribution in [-0.2, 0) is 14.3 Å². The van der Waals surface area contributed by atoms with Gasteiger partial charge in [-0.15, -0.1) is 0 Å². The van der Waals surface area contributed by atoms with Gasteiger partial charge in [0.2, 0.25) is 0 Å². The Morgan fingerprint density at radius 1 is 1.30 bits per heavy atom. The van der Waals surface area contributed by atoms with Gasteiger partial charge in [-0.25, -0.2) is 0 Å². The first kappa shape index (κ1) is 19.1. The summed E-state index contributed by atoms with van der Waals surface area (Å²) in [5.74, 6) is 0.899. The average molecular weight is 377 g/mol. The van der Waals surface area contributed by atoms with E-state index in [0.29, 0.717) is 42.1 Å². The number of hydroxylamine groups is 2. The quantitative estimate of drug-likeness (QED) is 0.435. The Morgan fingerprint density at radius 3 is 2.70 bits per heavy atom. The van der Waals surface area contributed by atoms with E-state index in [9.17, 15) is 20.0 Å². The van der Waals surface area contributed by atoms with Gasteiger partial charge in [0, 0.05) is 25.7 Å². The predicted octanol–water partition coefficient (Wildman–Crippen LogP) is 3.51. The van der Waals surface area contributed by atoms with E-state index in [1.54, 1.807) is 0 Å². The number of allylic oxidation sites excluding steroid dienone is 2. The lowest BCUT2D eigenvalue weighted by atomic mass is 9.47. The number of carbonyl (C=O) groups is 2. The molecule has 0 spiro atoms. The van der Waals surface area contributed by atoms with E-state index in [1.165, 1.54) is 12.5 Å². The van der Waals surface area contributed by atoms with E-state index in [-0.39, 0.29) is 34.9 Å². The second kappa shape index (κ2) is 6.39. The SMILES string of the molecule is CC(=O)O[C@H]1C[C@@]2(C)C(CCC2N(O)O)C2CC=C3CC(=O)CC[C@]3(C)C21. The van der Waals surface area contributed by atoms with Crippen LogP contribution in [0.4, 0.5) is 0 Å². The summed E-state index contributed by atoms with van der Waals surface area (Å²) in [5.41, 5.74) is 0.798. The zero-order chi connectivity index (χ0) is 19.6. The molecule has 3 fully saturated rings. The molecule has 0 bridgehead atoms. The van der Waals surface area contributed by atoms with Crippen LogP contribution < -0.4 is 0 Å². The predicted molar refractivity (Wildman–Crippen MR) is 96.8 cm³/mol. The third-order valence-electron chi connectivity index (χ3n) is 8.39. The summed E-state index contributed by atoms with van der Waals surface area (Å²) in [5, 5.41) is 20.0. The van der Waals surface area contributed by atoms with Crippen molar-refractivity contribution in [2.24, 2.45) is 28.6 Å². The Bertz CT molecular complexity index is 688. The number of ketones is 1. The van der Waals surface area contributed by atoms with Crippen molar-refractivity contribution in [1.82, 2.24) is 5.23 Å². The molecule has 3 saturated carbocycles. The maximum atomic E-state index is 12.0. The molecule has 4 unspecified atom stereocenters. The standard InChI is InChI=1S/C21H31NO5/c1-12(23)27-17-11-21(3)16(6-7-18(21)22(25)26)15-5-4-13-10-14(24)8-9-20(13,2)19(15)17/h4,15-19,25-26H,5-11H2,1-3H3/t15?,16?,17-,18?,19?,20-,21-/m0/s1. The van der Waals surface area contributed by atoms with Gasteiger partial charge < -0.3 is 4.74 Å². The van der Waals surface area contributed by atoms with Crippen molar-refractivity contribution in [3.8, 4) is 0 Å². The highest BCUT2D eigenvalue weighted by Gasteiger charge is 2.63. The molecule has 0 aromatic carbocycles. The minimum absolute atomic E-state index is 0.117. The number of hydrogen-bond donors (Lipinski definition) is 2. The molecular formula is C21H31NO5. The number of carbonyl (C=O) groups excluding carboxylic acids is 2. The molecule has 0 aliphatic heterocycles. The minimum Gasteiger partial charge on any atom is -0.462 e. The minimum atomic E-state index is -0.340. The molecule has 0 radical (unpaired) electrons. The molecule has 150 valence electrons. The molecule has 4 aliphatic rings. The summed E-state index contributed by atoms with van der Waals surface area (Å²) in [6, 6.07) is -0.340. The van der Waals surface area contributed by atoms with Gasteiger partial charge in [0.25, 0.3) is 0 Å². The summed E-state index contributed by atoms with van der Waals surface area (Å²) in [4.78, 5) is 24.0. The van der Waals surface area contributed by atoms with Gasteiger partial charge >= 0.3 is 5.97 Å². The first-order valence-electron chi connectivity index (χ1n) is 10.2. The van der Waals surface area contributed by atoms with Crippen LogP contribution in [0.3, 0.4) is 0 Å². The fourth-order valence-corrected chi connectivity index (χ4v) is 7.25. The van der Waals surface area contributed by atoms with Crippen molar-refractivity contribution in [3.63, 3.8) is 0 Å². The van der Waals surface area contributed by atoms with Crippen LogP contribution in [0.15, 0.2) is 11.6 Å². The smallest absolute Gasteiger partial charge is 0.302 e. The molecule has 0 amide bonds. The normalized spacial score (nSPS) is 46.4. The summed E-state index contributed by atoms with van der Waals surface area (Å²) >= 11 is 0. The Kier molecular flexibility index (Phi) is 4.52. The average Bonchev–Trinajstić information content (AvgIpc) is 2.91. The van der Waals surface area contributed by atoms with Crippen molar-refractivity contribution < 1.29 is 24.7 Å². The van der Waals surface area contributed by atoms with E-state index >= 15 is 0 Å². The molecule has 6 nitrogen and oxygen atoms in total. The fourth-order valence-electron chi connectivity index (χ4n) is 7.25. The van der Waals surface area contributed by atoms with Crippen LogP contribution in [0.25, 0.3) is 0 Å². The Balaban J connectivity index is 1.76. The first-order valence-corrected chi connectivity index (χ1v) is 10.2.